The second kappa shape index (κ2) is 7.44. The summed E-state index contributed by atoms with van der Waals surface area (Å²) >= 11 is 0. The Morgan fingerprint density at radius 2 is 1.91 bits per heavy atom. The maximum Gasteiger partial charge on any atom is 0.419 e. The molecule has 3 N–H and O–H groups in total. The Kier molecular flexibility index (Phi) is 5.12. The van der Waals surface area contributed by atoms with Gasteiger partial charge < -0.3 is 15.5 Å². The van der Waals surface area contributed by atoms with Crippen LogP contribution in [0.15, 0.2) is 42.1 Å². The van der Waals surface area contributed by atoms with Crippen molar-refractivity contribution in [3.05, 3.63) is 64.9 Å². The summed E-state index contributed by atoms with van der Waals surface area (Å²) in [5.74, 6) is -1.20. The molecule has 0 fully saturated rings. The van der Waals surface area contributed by atoms with Crippen LogP contribution in [0.4, 0.5) is 23.2 Å². The fourth-order valence-electron chi connectivity index (χ4n) is 4.17. The fourth-order valence-corrected chi connectivity index (χ4v) is 4.17. The third-order valence-corrected chi connectivity index (χ3v) is 5.84. The second-order valence-electron chi connectivity index (χ2n) is 8.17. The summed E-state index contributed by atoms with van der Waals surface area (Å²) < 4.78 is 57.0. The number of allylic oxidation sites excluding steroid dienone is 1. The van der Waals surface area contributed by atoms with E-state index in [0.717, 1.165) is 12.1 Å². The lowest BCUT2D eigenvalue weighted by molar-refractivity contribution is -0.265. The maximum atomic E-state index is 14.3. The molecule has 0 saturated heterocycles. The van der Waals surface area contributed by atoms with Crippen LogP contribution in [0, 0.1) is 12.7 Å². The molecule has 0 saturated carbocycles. The van der Waals surface area contributed by atoms with Gasteiger partial charge in [-0.2, -0.15) is 13.2 Å². The van der Waals surface area contributed by atoms with Crippen LogP contribution in [0.1, 0.15) is 43.3 Å². The molecule has 2 atom stereocenters. The molecule has 0 radical (unpaired) electrons. The van der Waals surface area contributed by atoms with Crippen LogP contribution in [0.3, 0.4) is 0 Å². The monoisotopic (exact) mass is 447 g/mol. The van der Waals surface area contributed by atoms with E-state index >= 15 is 0 Å². The number of hydrogen-bond donors (Lipinski definition) is 3. The zero-order valence-electron chi connectivity index (χ0n) is 17.5. The first-order chi connectivity index (χ1) is 14.9. The molecule has 0 bridgehead atoms. The number of alkyl halides is 3. The van der Waals surface area contributed by atoms with E-state index in [1.165, 1.54) is 6.20 Å². The third-order valence-electron chi connectivity index (χ3n) is 5.84. The van der Waals surface area contributed by atoms with Crippen LogP contribution < -0.4 is 5.32 Å². The van der Waals surface area contributed by atoms with Crippen LogP contribution in [0.25, 0.3) is 16.5 Å². The van der Waals surface area contributed by atoms with E-state index in [0.29, 0.717) is 22.3 Å². The fraction of sp³-hybridized carbons (Fsp3) is 0.304. The molecule has 0 amide bonds. The highest BCUT2D eigenvalue weighted by Crippen LogP contribution is 2.55. The van der Waals surface area contributed by atoms with E-state index in [1.54, 1.807) is 39.0 Å². The van der Waals surface area contributed by atoms with Gasteiger partial charge >= 0.3 is 6.18 Å². The molecule has 1 aliphatic carbocycles. The van der Waals surface area contributed by atoms with Gasteiger partial charge in [0, 0.05) is 29.3 Å². The molecule has 2 unspecified atom stereocenters. The number of phenols is 1. The number of anilines is 1. The van der Waals surface area contributed by atoms with Crippen LogP contribution in [-0.4, -0.2) is 32.0 Å². The number of aryl methyl sites for hydroxylation is 1. The van der Waals surface area contributed by atoms with Crippen molar-refractivity contribution >= 4 is 22.2 Å². The molecule has 0 aliphatic heterocycles. The van der Waals surface area contributed by atoms with Crippen LogP contribution in [0.5, 0.6) is 5.75 Å². The van der Waals surface area contributed by atoms with Gasteiger partial charge in [-0.25, -0.2) is 14.4 Å². The Hall–Kier alpha value is -3.20. The van der Waals surface area contributed by atoms with Crippen molar-refractivity contribution in [2.75, 3.05) is 5.32 Å². The van der Waals surface area contributed by atoms with Gasteiger partial charge in [0.2, 0.25) is 0 Å². The highest BCUT2D eigenvalue weighted by atomic mass is 19.4. The molecule has 1 aliphatic rings. The lowest BCUT2D eigenvalue weighted by atomic mass is 9.71. The molecule has 1 heterocycles. The summed E-state index contributed by atoms with van der Waals surface area (Å²) in [4.78, 5) is 8.41. The van der Waals surface area contributed by atoms with Gasteiger partial charge in [0.15, 0.2) is 17.2 Å². The Labute approximate surface area is 181 Å². The van der Waals surface area contributed by atoms with Crippen molar-refractivity contribution in [1.29, 1.82) is 0 Å². The molecule has 5 nitrogen and oxygen atoms in total. The Bertz CT molecular complexity index is 1250. The Morgan fingerprint density at radius 1 is 1.19 bits per heavy atom. The van der Waals surface area contributed by atoms with Crippen molar-refractivity contribution in [2.45, 2.75) is 45.0 Å². The summed E-state index contributed by atoms with van der Waals surface area (Å²) in [6, 6.07) is 5.20. The number of halogens is 4. The molecule has 168 valence electrons. The van der Waals surface area contributed by atoms with E-state index in [1.807, 2.05) is 0 Å². The van der Waals surface area contributed by atoms with Gasteiger partial charge in [-0.1, -0.05) is 17.7 Å². The molecule has 4 rings (SSSR count). The van der Waals surface area contributed by atoms with Gasteiger partial charge in [-0.3, -0.25) is 0 Å². The SMILES string of the molecule is CC(C)=C1CC(O)(C(F)(F)F)C(Nc2cccc3nc(C)ncc23)c2ccc(F)c(O)c21. The number of aromatic nitrogens is 2. The zero-order valence-corrected chi connectivity index (χ0v) is 17.5. The number of aliphatic hydroxyl groups is 1. The van der Waals surface area contributed by atoms with Crippen molar-refractivity contribution in [2.24, 2.45) is 0 Å². The van der Waals surface area contributed by atoms with Crippen molar-refractivity contribution in [3.63, 3.8) is 0 Å². The number of hydrogen-bond acceptors (Lipinski definition) is 5. The van der Waals surface area contributed by atoms with E-state index in [9.17, 15) is 27.8 Å². The van der Waals surface area contributed by atoms with Crippen molar-refractivity contribution < 1.29 is 27.8 Å². The third kappa shape index (κ3) is 3.37. The number of phenolic OH excluding ortho intramolecular Hbond substituents is 1. The van der Waals surface area contributed by atoms with Crippen molar-refractivity contribution in [1.82, 2.24) is 9.97 Å². The second-order valence-corrected chi connectivity index (χ2v) is 8.17. The van der Waals surface area contributed by atoms with E-state index < -0.39 is 35.8 Å². The topological polar surface area (TPSA) is 78.3 Å². The van der Waals surface area contributed by atoms with Gasteiger partial charge in [0.1, 0.15) is 5.82 Å². The quantitative estimate of drug-likeness (QED) is 0.457. The molecule has 9 heteroatoms. The number of rotatable bonds is 2. The smallest absolute Gasteiger partial charge is 0.419 e. The maximum absolute atomic E-state index is 14.3. The van der Waals surface area contributed by atoms with Crippen LogP contribution in [-0.2, 0) is 0 Å². The highest BCUT2D eigenvalue weighted by Gasteiger charge is 2.62. The summed E-state index contributed by atoms with van der Waals surface area (Å²) in [6.07, 6.45) is -4.38. The van der Waals surface area contributed by atoms with Gasteiger partial charge in [0.05, 0.1) is 11.6 Å². The number of aromatic hydroxyl groups is 1. The van der Waals surface area contributed by atoms with Crippen LogP contribution in [0.2, 0.25) is 0 Å². The Morgan fingerprint density at radius 3 is 2.56 bits per heavy atom. The summed E-state index contributed by atoms with van der Waals surface area (Å²) in [7, 11) is 0. The average molecular weight is 447 g/mol. The number of fused-ring (bicyclic) bond motifs is 2. The first kappa shape index (κ1) is 22.0. The van der Waals surface area contributed by atoms with Crippen molar-refractivity contribution in [3.8, 4) is 5.75 Å². The molecule has 3 aromatic rings. The normalized spacial score (nSPS) is 20.9. The number of nitrogens with one attached hydrogen (secondary N) is 1. The predicted molar refractivity (Wildman–Crippen MR) is 113 cm³/mol. The molecule has 32 heavy (non-hydrogen) atoms. The standard InChI is InChI=1S/C23H21F4N3O2/c1-11(2)14-9-22(32,23(25,26)27)21(13-7-8-16(24)20(31)19(13)14)30-18-6-4-5-17-15(18)10-28-12(3)29-17/h4-8,10,21,30-32H,9H2,1-3H3. The van der Waals surface area contributed by atoms with E-state index in [4.69, 9.17) is 0 Å². The minimum Gasteiger partial charge on any atom is -0.504 e. The molecular weight excluding hydrogens is 426 g/mol. The Balaban J connectivity index is 1.98. The first-order valence-electron chi connectivity index (χ1n) is 9.90. The lowest BCUT2D eigenvalue weighted by Crippen LogP contribution is -2.54. The first-order valence-corrected chi connectivity index (χ1v) is 9.90. The summed E-state index contributed by atoms with van der Waals surface area (Å²) in [5, 5.41) is 24.7. The predicted octanol–water partition coefficient (Wildman–Crippen LogP) is 5.43. The lowest BCUT2D eigenvalue weighted by Gasteiger charge is -2.44. The minimum atomic E-state index is -5.02. The summed E-state index contributed by atoms with van der Waals surface area (Å²) in [5.41, 5.74) is -2.05. The van der Waals surface area contributed by atoms with E-state index in [-0.39, 0.29) is 22.4 Å². The number of nitrogens with zero attached hydrogens (tertiary/aromatic N) is 2. The largest absolute Gasteiger partial charge is 0.504 e. The van der Waals surface area contributed by atoms with E-state index in [2.05, 4.69) is 15.3 Å². The highest BCUT2D eigenvalue weighted by molar-refractivity contribution is 5.91. The number of benzene rings is 2. The van der Waals surface area contributed by atoms with Gasteiger partial charge in [-0.15, -0.1) is 0 Å². The molecule has 1 aromatic heterocycles. The van der Waals surface area contributed by atoms with Gasteiger partial charge in [0.25, 0.3) is 0 Å². The minimum absolute atomic E-state index is 0.0382. The zero-order chi connectivity index (χ0) is 23.4. The van der Waals surface area contributed by atoms with Gasteiger partial charge in [-0.05, 0) is 50.1 Å². The molecule has 2 aromatic carbocycles. The molecular formula is C23H21F4N3O2. The van der Waals surface area contributed by atoms with Crippen LogP contribution >= 0.6 is 0 Å². The average Bonchev–Trinajstić information content (AvgIpc) is 2.71. The summed E-state index contributed by atoms with van der Waals surface area (Å²) in [6.45, 7) is 4.80. The molecule has 0 spiro atoms.